The molecule has 2 atom stereocenters. The molecule has 0 aliphatic carbocycles. The number of nitrogens with zero attached hydrogens (tertiary/aromatic N) is 1. The summed E-state index contributed by atoms with van der Waals surface area (Å²) < 4.78 is 0. The molecular weight excluding hydrogens is 384 g/mol. The number of rotatable bonds is 7. The van der Waals surface area contributed by atoms with Crippen LogP contribution in [0.2, 0.25) is 0 Å². The topological polar surface area (TPSA) is 120 Å². The van der Waals surface area contributed by atoms with Crippen LogP contribution in [0.15, 0.2) is 84.0 Å². The molecule has 8 nitrogen and oxygen atoms in total. The average Bonchev–Trinajstić information content (AvgIpc) is 2.76. The molecule has 0 heterocycles. The summed E-state index contributed by atoms with van der Waals surface area (Å²) in [4.78, 5) is 0. The van der Waals surface area contributed by atoms with Crippen molar-refractivity contribution in [2.45, 2.75) is 6.92 Å². The van der Waals surface area contributed by atoms with Gasteiger partial charge in [0.25, 0.3) is 0 Å². The summed E-state index contributed by atoms with van der Waals surface area (Å²) in [7, 11) is 0. The predicted molar refractivity (Wildman–Crippen MR) is 115 cm³/mol. The molecule has 0 aliphatic heterocycles. The van der Waals surface area contributed by atoms with Crippen molar-refractivity contribution >= 4 is 34.4 Å². The van der Waals surface area contributed by atoms with E-state index in [1.807, 2.05) is 73.7 Å². The van der Waals surface area contributed by atoms with E-state index >= 15 is 0 Å². The number of quaternary nitrogens is 2. The summed E-state index contributed by atoms with van der Waals surface area (Å²) in [6.45, 7) is 1.82. The second kappa shape index (κ2) is 9.90. The van der Waals surface area contributed by atoms with Crippen LogP contribution < -0.4 is 15.9 Å². The van der Waals surface area contributed by atoms with Gasteiger partial charge >= 0.3 is 0 Å². The third kappa shape index (κ3) is 5.37. The Hall–Kier alpha value is -3.37. The summed E-state index contributed by atoms with van der Waals surface area (Å²) in [6, 6.07) is 23.4. The molecule has 0 saturated carbocycles. The highest BCUT2D eigenvalue weighted by Gasteiger charge is 2.14. The Morgan fingerprint density at radius 1 is 0.900 bits per heavy atom. The van der Waals surface area contributed by atoms with Crippen LogP contribution in [0.5, 0.6) is 0 Å². The number of benzene rings is 3. The van der Waals surface area contributed by atoms with Gasteiger partial charge in [-0.1, -0.05) is 60.7 Å². The molecule has 0 spiro atoms. The number of nitrogens with one attached hydrogen (secondary N) is 3. The second-order valence-corrected chi connectivity index (χ2v) is 6.51. The molecule has 0 saturated heterocycles. The summed E-state index contributed by atoms with van der Waals surface area (Å²) >= 11 is 0. The van der Waals surface area contributed by atoms with Gasteiger partial charge in [-0.25, -0.2) is 10.4 Å². The van der Waals surface area contributed by atoms with Crippen LogP contribution in [0.1, 0.15) is 18.1 Å². The van der Waals surface area contributed by atoms with Gasteiger partial charge < -0.3 is 10.4 Å². The summed E-state index contributed by atoms with van der Waals surface area (Å²) in [5, 5.41) is 43.1. The first-order valence-corrected chi connectivity index (χ1v) is 9.19. The first kappa shape index (κ1) is 21.3. The van der Waals surface area contributed by atoms with Crippen molar-refractivity contribution in [2.75, 3.05) is 5.43 Å². The van der Waals surface area contributed by atoms with Crippen molar-refractivity contribution in [3.05, 3.63) is 100 Å². The minimum atomic E-state index is -1.24. The lowest BCUT2D eigenvalue weighted by Gasteiger charge is -2.18. The fourth-order valence-corrected chi connectivity index (χ4v) is 2.89. The molecule has 0 aliphatic rings. The van der Waals surface area contributed by atoms with E-state index < -0.39 is 10.5 Å². The molecular formula is C22H22N4O4. The molecule has 8 heteroatoms. The van der Waals surface area contributed by atoms with Crippen LogP contribution in [0, 0.1) is 10.4 Å². The number of hydrogen-bond acceptors (Lipinski definition) is 6. The molecule has 30 heavy (non-hydrogen) atoms. The number of hydrazone groups is 1. The highest BCUT2D eigenvalue weighted by atomic mass is 16.8. The first-order chi connectivity index (χ1) is 14.5. The molecule has 0 aromatic heterocycles. The summed E-state index contributed by atoms with van der Waals surface area (Å²) in [5.41, 5.74) is 6.18. The van der Waals surface area contributed by atoms with E-state index in [4.69, 9.17) is 5.21 Å². The van der Waals surface area contributed by atoms with Crippen LogP contribution >= 0.6 is 0 Å². The monoisotopic (exact) mass is 406 g/mol. The molecule has 0 bridgehead atoms. The standard InChI is InChI=1S/C22H22N4O4/c1-16(23-24-21-13-12-19(25(27)28)15-22(21)26(29)30)20(18-10-6-3-7-11-18)14-17-8-4-2-5-9-17/h2-15,24-27,29H,1H3. The molecule has 154 valence electrons. The lowest BCUT2D eigenvalue weighted by atomic mass is 9.99. The third-order valence-electron chi connectivity index (χ3n) is 4.43. The van der Waals surface area contributed by atoms with Crippen molar-refractivity contribution in [2.24, 2.45) is 5.10 Å². The fraction of sp³-hybridized carbons (Fsp3) is 0.0455. The summed E-state index contributed by atoms with van der Waals surface area (Å²) in [6.07, 6.45) is 2.00. The first-order valence-electron chi connectivity index (χ1n) is 9.19. The van der Waals surface area contributed by atoms with E-state index in [1.54, 1.807) is 0 Å². The maximum absolute atomic E-state index is 11.5. The molecule has 0 amide bonds. The van der Waals surface area contributed by atoms with Gasteiger partial charge in [0.2, 0.25) is 0 Å². The highest BCUT2D eigenvalue weighted by Crippen LogP contribution is 2.23. The molecule has 3 rings (SSSR count). The van der Waals surface area contributed by atoms with Crippen LogP contribution in [0.3, 0.4) is 0 Å². The lowest BCUT2D eigenvalue weighted by molar-refractivity contribution is -0.996. The highest BCUT2D eigenvalue weighted by molar-refractivity contribution is 6.27. The SMILES string of the molecule is CC(=NNc1ccc([NH+]([O-])O)cc1[NH+]([O-])O)C(=Cc1ccccc1)c1ccccc1. The number of allylic oxidation sites excluding steroid dienone is 1. The average molecular weight is 406 g/mol. The molecule has 5 N–H and O–H groups in total. The van der Waals surface area contributed by atoms with Gasteiger partial charge in [-0.2, -0.15) is 15.6 Å². The van der Waals surface area contributed by atoms with Gasteiger partial charge in [-0.05, 0) is 30.2 Å². The van der Waals surface area contributed by atoms with Gasteiger partial charge in [0.05, 0.1) is 11.8 Å². The van der Waals surface area contributed by atoms with E-state index in [1.165, 1.54) is 12.1 Å². The van der Waals surface area contributed by atoms with E-state index in [-0.39, 0.29) is 17.1 Å². The molecule has 3 aromatic carbocycles. The molecule has 3 aromatic rings. The Balaban J connectivity index is 1.96. The Labute approximate surface area is 173 Å². The van der Waals surface area contributed by atoms with Gasteiger partial charge in [-0.3, -0.25) is 5.43 Å². The Kier molecular flexibility index (Phi) is 7.04. The fourth-order valence-electron chi connectivity index (χ4n) is 2.89. The van der Waals surface area contributed by atoms with Crippen molar-refractivity contribution in [3.8, 4) is 0 Å². The Morgan fingerprint density at radius 3 is 2.13 bits per heavy atom. The largest absolute Gasteiger partial charge is 0.595 e. The van der Waals surface area contributed by atoms with Gasteiger partial charge in [0, 0.05) is 11.6 Å². The minimum Gasteiger partial charge on any atom is -0.595 e. The smallest absolute Gasteiger partial charge is 0.195 e. The van der Waals surface area contributed by atoms with Crippen molar-refractivity contribution in [1.82, 2.24) is 0 Å². The van der Waals surface area contributed by atoms with Crippen LogP contribution in [0.4, 0.5) is 17.1 Å². The normalized spacial score (nSPS) is 14.3. The zero-order chi connectivity index (χ0) is 21.5. The maximum atomic E-state index is 11.5. The summed E-state index contributed by atoms with van der Waals surface area (Å²) in [5.74, 6) is 0. The van der Waals surface area contributed by atoms with E-state index in [0.29, 0.717) is 5.71 Å². The lowest BCUT2D eigenvalue weighted by Crippen LogP contribution is -3.00. The van der Waals surface area contributed by atoms with Crippen molar-refractivity contribution < 1.29 is 20.9 Å². The van der Waals surface area contributed by atoms with Gasteiger partial charge in [-0.15, -0.1) is 0 Å². The van der Waals surface area contributed by atoms with Crippen LogP contribution in [0.25, 0.3) is 11.6 Å². The molecule has 0 fully saturated rings. The van der Waals surface area contributed by atoms with Crippen LogP contribution in [-0.4, -0.2) is 16.1 Å². The molecule has 2 unspecified atom stereocenters. The van der Waals surface area contributed by atoms with E-state index in [2.05, 4.69) is 10.5 Å². The Morgan fingerprint density at radius 2 is 1.53 bits per heavy atom. The van der Waals surface area contributed by atoms with Crippen molar-refractivity contribution in [1.29, 1.82) is 0 Å². The van der Waals surface area contributed by atoms with E-state index in [9.17, 15) is 15.6 Å². The third-order valence-corrected chi connectivity index (χ3v) is 4.43. The number of anilines is 1. The second-order valence-electron chi connectivity index (χ2n) is 6.51. The zero-order valence-corrected chi connectivity index (χ0v) is 16.2. The van der Waals surface area contributed by atoms with Gasteiger partial charge in [0.15, 0.2) is 11.4 Å². The Bertz CT molecular complexity index is 1040. The number of hydrogen-bond donors (Lipinski definition) is 5. The van der Waals surface area contributed by atoms with Crippen LogP contribution in [-0.2, 0) is 0 Å². The quantitative estimate of drug-likeness (QED) is 0.235. The predicted octanol–water partition coefficient (Wildman–Crippen LogP) is 2.52. The zero-order valence-electron chi connectivity index (χ0n) is 16.2. The van der Waals surface area contributed by atoms with Gasteiger partial charge in [0.1, 0.15) is 5.69 Å². The van der Waals surface area contributed by atoms with Crippen molar-refractivity contribution in [3.63, 3.8) is 0 Å². The van der Waals surface area contributed by atoms with E-state index in [0.717, 1.165) is 22.8 Å². The maximum Gasteiger partial charge on any atom is 0.195 e. The minimum absolute atomic E-state index is 0.104. The molecule has 0 radical (unpaired) electrons.